The molecule has 0 spiro atoms. The highest BCUT2D eigenvalue weighted by Crippen LogP contribution is 2.34. The van der Waals surface area contributed by atoms with Gasteiger partial charge >= 0.3 is 5.97 Å². The smallest absolute Gasteiger partial charge is 0.335 e. The molecule has 140 valence electrons. The van der Waals surface area contributed by atoms with Crippen LogP contribution in [0.4, 0.5) is 0 Å². The molecule has 0 saturated heterocycles. The number of allylic oxidation sites excluding steroid dienone is 1. The Morgan fingerprint density at radius 1 is 0.931 bits per heavy atom. The van der Waals surface area contributed by atoms with Crippen molar-refractivity contribution in [2.24, 2.45) is 0 Å². The third-order valence-electron chi connectivity index (χ3n) is 5.30. The van der Waals surface area contributed by atoms with Crippen LogP contribution in [-0.4, -0.2) is 20.6 Å². The zero-order chi connectivity index (χ0) is 19.8. The molecule has 0 unspecified atom stereocenters. The van der Waals surface area contributed by atoms with Crippen molar-refractivity contribution >= 4 is 34.7 Å². The van der Waals surface area contributed by atoms with Gasteiger partial charge in [-0.25, -0.2) is 9.78 Å². The fourth-order valence-electron chi connectivity index (χ4n) is 3.85. The number of rotatable bonds is 3. The molecule has 4 nitrogen and oxygen atoms in total. The molecule has 0 bridgehead atoms. The number of nitrogens with zero attached hydrogens (tertiary/aromatic N) is 2. The third kappa shape index (κ3) is 3.05. The van der Waals surface area contributed by atoms with Crippen LogP contribution in [0.2, 0.25) is 0 Å². The summed E-state index contributed by atoms with van der Waals surface area (Å²) in [5.74, 6) is -0.922. The maximum atomic E-state index is 11.6. The molecule has 0 amide bonds. The lowest BCUT2D eigenvalue weighted by atomic mass is 9.92. The summed E-state index contributed by atoms with van der Waals surface area (Å²) in [7, 11) is 0. The Kier molecular flexibility index (Phi) is 4.10. The van der Waals surface area contributed by atoms with Gasteiger partial charge in [0.2, 0.25) is 0 Å². The molecule has 4 heteroatoms. The van der Waals surface area contributed by atoms with E-state index in [-0.39, 0.29) is 5.56 Å². The van der Waals surface area contributed by atoms with Gasteiger partial charge in [0.1, 0.15) is 0 Å². The van der Waals surface area contributed by atoms with E-state index in [1.165, 1.54) is 0 Å². The molecule has 5 rings (SSSR count). The second-order valence-electron chi connectivity index (χ2n) is 7.03. The molecule has 3 aromatic carbocycles. The van der Waals surface area contributed by atoms with E-state index in [9.17, 15) is 9.90 Å². The van der Waals surface area contributed by atoms with Gasteiger partial charge in [0.25, 0.3) is 0 Å². The van der Waals surface area contributed by atoms with E-state index in [4.69, 9.17) is 0 Å². The number of carbonyl (C=O) groups is 1. The fourth-order valence-corrected chi connectivity index (χ4v) is 3.85. The summed E-state index contributed by atoms with van der Waals surface area (Å²) < 4.78 is 2.10. The van der Waals surface area contributed by atoms with Crippen LogP contribution in [0.25, 0.3) is 28.8 Å². The molecule has 0 atom stereocenters. The van der Waals surface area contributed by atoms with Crippen molar-refractivity contribution < 1.29 is 9.90 Å². The van der Waals surface area contributed by atoms with E-state index in [0.717, 1.165) is 38.9 Å². The lowest BCUT2D eigenvalue weighted by Gasteiger charge is -2.13. The van der Waals surface area contributed by atoms with Crippen molar-refractivity contribution in [3.05, 3.63) is 107 Å². The highest BCUT2D eigenvalue weighted by Gasteiger charge is 2.17. The predicted molar refractivity (Wildman–Crippen MR) is 116 cm³/mol. The number of aromatic carboxylic acids is 1. The fraction of sp³-hybridized carbons (Fsp3) is 0.0400. The Bertz CT molecular complexity index is 1310. The first-order chi connectivity index (χ1) is 14.2. The molecule has 1 aliphatic rings. The highest BCUT2D eigenvalue weighted by molar-refractivity contribution is 5.97. The number of imidazole rings is 1. The average Bonchev–Trinajstić information content (AvgIpc) is 3.09. The van der Waals surface area contributed by atoms with Crippen LogP contribution in [0.3, 0.4) is 0 Å². The normalized spacial score (nSPS) is 13.9. The van der Waals surface area contributed by atoms with Gasteiger partial charge < -0.3 is 9.67 Å². The number of para-hydroxylation sites is 2. The van der Waals surface area contributed by atoms with E-state index >= 15 is 0 Å². The van der Waals surface area contributed by atoms with Crippen LogP contribution in [-0.2, 0) is 6.54 Å². The molecule has 1 aromatic heterocycles. The standard InChI is InChI=1S/C25H18N2O2/c28-25(29)19-12-11-18-10-9-17-5-1-2-6-20(17)21(22(18)15-19)13-14-27-16-26-23-7-3-4-8-24(23)27/h1-13,15-16H,14H2,(H,28,29)/b21-13+. The quantitative estimate of drug-likeness (QED) is 0.460. The Morgan fingerprint density at radius 2 is 1.69 bits per heavy atom. The van der Waals surface area contributed by atoms with Crippen molar-refractivity contribution in [3.8, 4) is 0 Å². The Balaban J connectivity index is 1.68. The van der Waals surface area contributed by atoms with Gasteiger partial charge in [-0.1, -0.05) is 60.7 Å². The molecule has 1 N–H and O–H groups in total. The Hall–Kier alpha value is -3.92. The molecule has 0 radical (unpaired) electrons. The summed E-state index contributed by atoms with van der Waals surface area (Å²) in [4.78, 5) is 16.0. The molecule has 1 aliphatic carbocycles. The van der Waals surface area contributed by atoms with E-state index in [1.807, 2.05) is 48.8 Å². The summed E-state index contributed by atoms with van der Waals surface area (Å²) in [6.45, 7) is 0.640. The first-order valence-corrected chi connectivity index (χ1v) is 9.46. The summed E-state index contributed by atoms with van der Waals surface area (Å²) in [6, 6.07) is 21.5. The third-order valence-corrected chi connectivity index (χ3v) is 5.30. The van der Waals surface area contributed by atoms with Crippen LogP contribution in [0.1, 0.15) is 32.6 Å². The van der Waals surface area contributed by atoms with Crippen LogP contribution in [0, 0.1) is 0 Å². The maximum absolute atomic E-state index is 11.6. The van der Waals surface area contributed by atoms with E-state index < -0.39 is 5.97 Å². The monoisotopic (exact) mass is 378 g/mol. The van der Waals surface area contributed by atoms with Gasteiger partial charge in [-0.05, 0) is 52.1 Å². The van der Waals surface area contributed by atoms with Gasteiger partial charge in [0, 0.05) is 6.54 Å². The number of hydrogen-bond acceptors (Lipinski definition) is 2. The van der Waals surface area contributed by atoms with Gasteiger partial charge in [-0.3, -0.25) is 0 Å². The number of carboxylic acid groups (broad SMARTS) is 1. The second kappa shape index (κ2) is 6.91. The summed E-state index contributed by atoms with van der Waals surface area (Å²) in [5, 5.41) is 9.49. The Morgan fingerprint density at radius 3 is 2.55 bits per heavy atom. The zero-order valence-electron chi connectivity index (χ0n) is 15.6. The lowest BCUT2D eigenvalue weighted by molar-refractivity contribution is 0.0697. The van der Waals surface area contributed by atoms with Crippen LogP contribution < -0.4 is 0 Å². The molecule has 4 aromatic rings. The van der Waals surface area contributed by atoms with Gasteiger partial charge in [-0.2, -0.15) is 0 Å². The van der Waals surface area contributed by atoms with E-state index in [1.54, 1.807) is 12.1 Å². The molecule has 0 aliphatic heterocycles. The van der Waals surface area contributed by atoms with Crippen molar-refractivity contribution in [3.63, 3.8) is 0 Å². The second-order valence-corrected chi connectivity index (χ2v) is 7.03. The number of aromatic nitrogens is 2. The predicted octanol–water partition coefficient (Wildman–Crippen LogP) is 5.35. The number of carboxylic acids is 1. The molecular formula is C25H18N2O2. The van der Waals surface area contributed by atoms with Crippen molar-refractivity contribution in [2.45, 2.75) is 6.54 Å². The van der Waals surface area contributed by atoms with Gasteiger partial charge in [0.05, 0.1) is 22.9 Å². The first-order valence-electron chi connectivity index (χ1n) is 9.46. The molecule has 1 heterocycles. The van der Waals surface area contributed by atoms with Crippen LogP contribution in [0.15, 0.2) is 79.1 Å². The van der Waals surface area contributed by atoms with Crippen LogP contribution in [0.5, 0.6) is 0 Å². The number of hydrogen-bond donors (Lipinski definition) is 1. The van der Waals surface area contributed by atoms with E-state index in [0.29, 0.717) is 6.54 Å². The Labute approximate surface area is 168 Å². The summed E-state index contributed by atoms with van der Waals surface area (Å²) in [5.41, 5.74) is 7.49. The minimum atomic E-state index is -0.922. The van der Waals surface area contributed by atoms with Crippen molar-refractivity contribution in [1.82, 2.24) is 9.55 Å². The number of fused-ring (bicyclic) bond motifs is 3. The van der Waals surface area contributed by atoms with Crippen molar-refractivity contribution in [1.29, 1.82) is 0 Å². The van der Waals surface area contributed by atoms with Crippen LogP contribution >= 0.6 is 0 Å². The molecular weight excluding hydrogens is 360 g/mol. The summed E-state index contributed by atoms with van der Waals surface area (Å²) in [6.07, 6.45) is 8.14. The first kappa shape index (κ1) is 17.2. The largest absolute Gasteiger partial charge is 0.478 e. The molecule has 29 heavy (non-hydrogen) atoms. The average molecular weight is 378 g/mol. The lowest BCUT2D eigenvalue weighted by Crippen LogP contribution is -2.01. The van der Waals surface area contributed by atoms with Gasteiger partial charge in [0.15, 0.2) is 0 Å². The topological polar surface area (TPSA) is 55.1 Å². The van der Waals surface area contributed by atoms with Gasteiger partial charge in [-0.15, -0.1) is 0 Å². The number of benzene rings is 3. The van der Waals surface area contributed by atoms with E-state index in [2.05, 4.69) is 39.9 Å². The highest BCUT2D eigenvalue weighted by atomic mass is 16.4. The zero-order valence-corrected chi connectivity index (χ0v) is 15.6. The molecule has 0 fully saturated rings. The summed E-state index contributed by atoms with van der Waals surface area (Å²) >= 11 is 0. The minimum Gasteiger partial charge on any atom is -0.478 e. The molecule has 0 saturated carbocycles. The SMILES string of the molecule is O=C(O)c1ccc2c(c1)/C(=C/Cn1cnc3ccccc31)c1ccccc1C=C2. The van der Waals surface area contributed by atoms with Crippen molar-refractivity contribution in [2.75, 3.05) is 0 Å². The maximum Gasteiger partial charge on any atom is 0.335 e. The minimum absolute atomic E-state index is 0.288.